The first-order valence-corrected chi connectivity index (χ1v) is 5.89. The van der Waals surface area contributed by atoms with Gasteiger partial charge in [0.25, 0.3) is 0 Å². The second-order valence-electron chi connectivity index (χ2n) is 4.05. The number of rotatable bonds is 4. The van der Waals surface area contributed by atoms with Crippen LogP contribution in [0.4, 0.5) is 5.95 Å². The quantitative estimate of drug-likeness (QED) is 0.753. The minimum atomic E-state index is 0.604. The molecule has 0 saturated heterocycles. The van der Waals surface area contributed by atoms with Crippen LogP contribution in [0.15, 0.2) is 42.6 Å². The Morgan fingerprint density at radius 2 is 2.00 bits per heavy atom. The number of aromatic nitrogens is 6. The summed E-state index contributed by atoms with van der Waals surface area (Å²) in [4.78, 5) is 0. The van der Waals surface area contributed by atoms with Gasteiger partial charge in [-0.3, -0.25) is 4.68 Å². The summed E-state index contributed by atoms with van der Waals surface area (Å²) in [5.41, 5.74) is 1.97. The Hall–Kier alpha value is -2.70. The largest absolute Gasteiger partial charge is 0.347 e. The zero-order chi connectivity index (χ0) is 13.1. The summed E-state index contributed by atoms with van der Waals surface area (Å²) in [5.74, 6) is 0.604. The van der Waals surface area contributed by atoms with Gasteiger partial charge in [0.2, 0.25) is 5.95 Å². The maximum atomic E-state index is 4.12. The van der Waals surface area contributed by atoms with Crippen LogP contribution >= 0.6 is 0 Å². The molecule has 0 fully saturated rings. The summed E-state index contributed by atoms with van der Waals surface area (Å²) in [6.45, 7) is 0.615. The predicted molar refractivity (Wildman–Crippen MR) is 69.7 cm³/mol. The standard InChI is InChI=1S/C12H13N7/c1-18-11(7-8-14-18)9-13-12-15-16-17-19(12)10-5-3-2-4-6-10/h2-8H,9H2,1H3,(H,13,15,17). The van der Waals surface area contributed by atoms with Crippen molar-refractivity contribution >= 4 is 5.95 Å². The van der Waals surface area contributed by atoms with Gasteiger partial charge in [-0.05, 0) is 28.6 Å². The van der Waals surface area contributed by atoms with Gasteiger partial charge < -0.3 is 5.32 Å². The molecule has 0 unspecified atom stereocenters. The van der Waals surface area contributed by atoms with Crippen molar-refractivity contribution in [2.45, 2.75) is 6.54 Å². The highest BCUT2D eigenvalue weighted by molar-refractivity contribution is 5.38. The van der Waals surface area contributed by atoms with Gasteiger partial charge in [-0.2, -0.15) is 9.78 Å². The zero-order valence-electron chi connectivity index (χ0n) is 10.4. The molecular formula is C12H13N7. The second kappa shape index (κ2) is 4.89. The number of benzene rings is 1. The van der Waals surface area contributed by atoms with Crippen molar-refractivity contribution in [2.24, 2.45) is 7.05 Å². The highest BCUT2D eigenvalue weighted by Crippen LogP contribution is 2.11. The third-order valence-corrected chi connectivity index (χ3v) is 2.82. The van der Waals surface area contributed by atoms with E-state index in [0.29, 0.717) is 12.5 Å². The van der Waals surface area contributed by atoms with E-state index in [9.17, 15) is 0 Å². The predicted octanol–water partition coefficient (Wildman–Crippen LogP) is 1.01. The van der Waals surface area contributed by atoms with Crippen molar-refractivity contribution in [3.63, 3.8) is 0 Å². The van der Waals surface area contributed by atoms with Crippen LogP contribution < -0.4 is 5.32 Å². The number of anilines is 1. The number of hydrogen-bond acceptors (Lipinski definition) is 5. The third kappa shape index (κ3) is 2.30. The second-order valence-corrected chi connectivity index (χ2v) is 4.05. The summed E-state index contributed by atoms with van der Waals surface area (Å²) >= 11 is 0. The van der Waals surface area contributed by atoms with Crippen LogP contribution in [0.5, 0.6) is 0 Å². The molecule has 0 atom stereocenters. The van der Waals surface area contributed by atoms with E-state index < -0.39 is 0 Å². The fourth-order valence-electron chi connectivity index (χ4n) is 1.78. The van der Waals surface area contributed by atoms with Crippen LogP contribution in [-0.4, -0.2) is 30.0 Å². The Labute approximate surface area is 109 Å². The van der Waals surface area contributed by atoms with Crippen LogP contribution in [0.2, 0.25) is 0 Å². The van der Waals surface area contributed by atoms with E-state index in [2.05, 4.69) is 25.9 Å². The van der Waals surface area contributed by atoms with Gasteiger partial charge in [0.1, 0.15) is 0 Å². The van der Waals surface area contributed by atoms with Gasteiger partial charge in [-0.1, -0.05) is 23.3 Å². The van der Waals surface area contributed by atoms with E-state index in [1.54, 1.807) is 10.9 Å². The minimum Gasteiger partial charge on any atom is -0.347 e. The summed E-state index contributed by atoms with van der Waals surface area (Å²) in [6, 6.07) is 11.7. The summed E-state index contributed by atoms with van der Waals surface area (Å²) in [6.07, 6.45) is 1.76. The SMILES string of the molecule is Cn1nccc1CNc1nnnn1-c1ccccc1. The van der Waals surface area contributed by atoms with Crippen LogP contribution in [0.3, 0.4) is 0 Å². The molecule has 0 aliphatic rings. The normalized spacial score (nSPS) is 10.6. The monoisotopic (exact) mass is 255 g/mol. The maximum absolute atomic E-state index is 4.12. The molecule has 19 heavy (non-hydrogen) atoms. The first kappa shape index (κ1) is 11.4. The van der Waals surface area contributed by atoms with Crippen molar-refractivity contribution < 1.29 is 0 Å². The van der Waals surface area contributed by atoms with Crippen LogP contribution in [0.25, 0.3) is 5.69 Å². The van der Waals surface area contributed by atoms with Crippen LogP contribution in [-0.2, 0) is 13.6 Å². The fraction of sp³-hybridized carbons (Fsp3) is 0.167. The van der Waals surface area contributed by atoms with E-state index in [0.717, 1.165) is 11.4 Å². The van der Waals surface area contributed by atoms with E-state index in [1.807, 2.05) is 48.1 Å². The van der Waals surface area contributed by atoms with Crippen molar-refractivity contribution in [1.82, 2.24) is 30.0 Å². The first-order chi connectivity index (χ1) is 9.34. The Morgan fingerprint density at radius 3 is 2.74 bits per heavy atom. The Kier molecular flexibility index (Phi) is 2.93. The van der Waals surface area contributed by atoms with Gasteiger partial charge >= 0.3 is 0 Å². The lowest BCUT2D eigenvalue weighted by Crippen LogP contribution is -2.10. The lowest BCUT2D eigenvalue weighted by molar-refractivity contribution is 0.717. The van der Waals surface area contributed by atoms with Crippen molar-refractivity contribution in [3.05, 3.63) is 48.3 Å². The highest BCUT2D eigenvalue weighted by atomic mass is 15.6. The van der Waals surface area contributed by atoms with Gasteiger partial charge in [-0.15, -0.1) is 0 Å². The van der Waals surface area contributed by atoms with Crippen LogP contribution in [0.1, 0.15) is 5.69 Å². The zero-order valence-corrected chi connectivity index (χ0v) is 10.4. The molecular weight excluding hydrogens is 242 g/mol. The number of nitrogens with zero attached hydrogens (tertiary/aromatic N) is 6. The first-order valence-electron chi connectivity index (χ1n) is 5.89. The van der Waals surface area contributed by atoms with E-state index in [4.69, 9.17) is 0 Å². The average Bonchev–Trinajstić information content (AvgIpc) is 3.06. The lowest BCUT2D eigenvalue weighted by atomic mass is 10.3. The Balaban J connectivity index is 1.80. The summed E-state index contributed by atoms with van der Waals surface area (Å²) < 4.78 is 3.47. The smallest absolute Gasteiger partial charge is 0.248 e. The number of aryl methyl sites for hydroxylation is 1. The molecule has 7 nitrogen and oxygen atoms in total. The molecule has 0 saturated carbocycles. The number of nitrogens with one attached hydrogen (secondary N) is 1. The molecule has 0 bridgehead atoms. The molecule has 7 heteroatoms. The molecule has 0 radical (unpaired) electrons. The average molecular weight is 255 g/mol. The lowest BCUT2D eigenvalue weighted by Gasteiger charge is -2.07. The van der Waals surface area contributed by atoms with Crippen molar-refractivity contribution in [2.75, 3.05) is 5.32 Å². The van der Waals surface area contributed by atoms with Gasteiger partial charge in [-0.25, -0.2) is 0 Å². The van der Waals surface area contributed by atoms with Gasteiger partial charge in [0.15, 0.2) is 0 Å². The van der Waals surface area contributed by atoms with Crippen molar-refractivity contribution in [1.29, 1.82) is 0 Å². The van der Waals surface area contributed by atoms with Crippen LogP contribution in [0, 0.1) is 0 Å². The molecule has 0 amide bonds. The molecule has 1 N–H and O–H groups in total. The third-order valence-electron chi connectivity index (χ3n) is 2.82. The number of para-hydroxylation sites is 1. The number of tetrazole rings is 1. The van der Waals surface area contributed by atoms with E-state index in [-0.39, 0.29) is 0 Å². The van der Waals surface area contributed by atoms with Gasteiger partial charge in [0.05, 0.1) is 17.9 Å². The highest BCUT2D eigenvalue weighted by Gasteiger charge is 2.08. The van der Waals surface area contributed by atoms with Gasteiger partial charge in [0, 0.05) is 13.2 Å². The minimum absolute atomic E-state index is 0.604. The molecule has 0 aliphatic carbocycles. The molecule has 0 aliphatic heterocycles. The van der Waals surface area contributed by atoms with E-state index in [1.165, 1.54) is 0 Å². The molecule has 2 heterocycles. The molecule has 3 rings (SSSR count). The molecule has 3 aromatic rings. The van der Waals surface area contributed by atoms with E-state index >= 15 is 0 Å². The summed E-state index contributed by atoms with van der Waals surface area (Å²) in [5, 5.41) is 19.0. The Bertz CT molecular complexity index is 656. The summed E-state index contributed by atoms with van der Waals surface area (Å²) in [7, 11) is 1.90. The Morgan fingerprint density at radius 1 is 1.16 bits per heavy atom. The molecule has 1 aromatic carbocycles. The molecule has 0 spiro atoms. The number of hydrogen-bond donors (Lipinski definition) is 1. The molecule has 96 valence electrons. The fourth-order valence-corrected chi connectivity index (χ4v) is 1.78. The topological polar surface area (TPSA) is 73.5 Å². The van der Waals surface area contributed by atoms with Crippen molar-refractivity contribution in [3.8, 4) is 5.69 Å². The maximum Gasteiger partial charge on any atom is 0.248 e. The molecule has 2 aromatic heterocycles.